The number of carboxylic acid groups (broad SMARTS) is 1. The lowest BCUT2D eigenvalue weighted by molar-refractivity contribution is -0.150. The summed E-state index contributed by atoms with van der Waals surface area (Å²) in [4.78, 5) is 79.8. The highest BCUT2D eigenvalue weighted by molar-refractivity contribution is 6.08. The van der Waals surface area contributed by atoms with Crippen molar-refractivity contribution in [3.8, 4) is 0 Å². The average Bonchev–Trinajstić information content (AvgIpc) is 3.13. The number of aromatic nitrogens is 1. The zero-order valence-corrected chi connectivity index (χ0v) is 30.6. The Kier molecular flexibility index (Phi) is 12.9. The summed E-state index contributed by atoms with van der Waals surface area (Å²) in [5.74, 6) is -3.23. The van der Waals surface area contributed by atoms with E-state index < -0.39 is 52.1 Å². The molecule has 54 heavy (non-hydrogen) atoms. The van der Waals surface area contributed by atoms with Gasteiger partial charge in [-0.15, -0.1) is 0 Å². The number of nitrogens with zero attached hydrogens (tertiary/aromatic N) is 3. The zero-order valence-electron chi connectivity index (χ0n) is 30.6. The average molecular weight is 750 g/mol. The summed E-state index contributed by atoms with van der Waals surface area (Å²) in [5, 5.41) is 17.8. The van der Waals surface area contributed by atoms with Crippen molar-refractivity contribution in [1.82, 2.24) is 20.1 Å². The smallest absolute Gasteiger partial charge is 0.410 e. The number of hydrogen-bond donors (Lipinski definition) is 5. The van der Waals surface area contributed by atoms with E-state index in [1.165, 1.54) is 17.2 Å². The summed E-state index contributed by atoms with van der Waals surface area (Å²) >= 11 is 0. The van der Waals surface area contributed by atoms with Crippen LogP contribution in [0.25, 0.3) is 10.9 Å². The van der Waals surface area contributed by atoms with Gasteiger partial charge in [-0.1, -0.05) is 18.6 Å². The van der Waals surface area contributed by atoms with Gasteiger partial charge in [0.2, 0.25) is 23.2 Å². The fourth-order valence-electron chi connectivity index (χ4n) is 6.81. The Bertz CT molecular complexity index is 1940. The molecule has 2 aliphatic rings. The van der Waals surface area contributed by atoms with Crippen molar-refractivity contribution >= 4 is 52.1 Å². The fourth-order valence-corrected chi connectivity index (χ4v) is 6.81. The van der Waals surface area contributed by atoms with Crippen LogP contribution in [0, 0.1) is 11.2 Å². The lowest BCUT2D eigenvalue weighted by atomic mass is 9.67. The number of amides is 4. The molecule has 15 nitrogen and oxygen atoms in total. The van der Waals surface area contributed by atoms with E-state index in [2.05, 4.69) is 16.0 Å². The topological polar surface area (TPSA) is 205 Å². The summed E-state index contributed by atoms with van der Waals surface area (Å²) in [5.41, 5.74) is 5.12. The van der Waals surface area contributed by atoms with E-state index in [1.54, 1.807) is 47.6 Å². The number of benzene rings is 2. The van der Waals surface area contributed by atoms with Gasteiger partial charge < -0.3 is 45.9 Å². The van der Waals surface area contributed by atoms with E-state index in [-0.39, 0.29) is 36.7 Å². The van der Waals surface area contributed by atoms with Gasteiger partial charge in [0.15, 0.2) is 0 Å². The number of pyridine rings is 1. The lowest BCUT2D eigenvalue weighted by Gasteiger charge is -2.39. The summed E-state index contributed by atoms with van der Waals surface area (Å²) in [6, 6.07) is 8.50. The maximum atomic E-state index is 15.3. The minimum Gasteiger partial charge on any atom is -0.477 e. The second kappa shape index (κ2) is 17.5. The number of carbonyl (C=O) groups excluding carboxylic acids is 4. The van der Waals surface area contributed by atoms with Gasteiger partial charge in [0.05, 0.1) is 11.2 Å². The van der Waals surface area contributed by atoms with Crippen LogP contribution in [0.15, 0.2) is 47.4 Å². The number of aromatic carboxylic acids is 1. The minimum absolute atomic E-state index is 0.0156. The molecule has 0 radical (unpaired) electrons. The number of halogens is 1. The third kappa shape index (κ3) is 8.65. The molecule has 1 atom stereocenters. The third-order valence-corrected chi connectivity index (χ3v) is 10.2. The van der Waals surface area contributed by atoms with E-state index in [1.807, 2.05) is 0 Å². The number of ether oxygens (including phenoxy) is 1. The number of piperazine rings is 1. The molecule has 1 aliphatic heterocycles. The second-order valence-electron chi connectivity index (χ2n) is 13.6. The van der Waals surface area contributed by atoms with E-state index in [0.29, 0.717) is 81.6 Å². The van der Waals surface area contributed by atoms with E-state index in [4.69, 9.17) is 10.5 Å². The molecule has 0 spiro atoms. The molecule has 290 valence electrons. The number of unbranched alkanes of at least 4 members (excludes halogenated alkanes) is 1. The van der Waals surface area contributed by atoms with Crippen molar-refractivity contribution in [3.05, 3.63) is 69.8 Å². The Labute approximate surface area is 312 Å². The molecule has 2 fully saturated rings. The number of carboxylic acids is 1. The normalized spacial score (nSPS) is 15.6. The number of rotatable bonds is 15. The summed E-state index contributed by atoms with van der Waals surface area (Å²) < 4.78 is 22.4. The molecule has 0 bridgehead atoms. The van der Waals surface area contributed by atoms with Crippen LogP contribution in [0.1, 0.15) is 68.3 Å². The van der Waals surface area contributed by atoms with Crippen LogP contribution < -0.4 is 32.0 Å². The third-order valence-electron chi connectivity index (χ3n) is 10.2. The largest absolute Gasteiger partial charge is 0.477 e. The predicted molar refractivity (Wildman–Crippen MR) is 200 cm³/mol. The molecular formula is C38H48FN7O8. The predicted octanol–water partition coefficient (Wildman–Crippen LogP) is 3.18. The van der Waals surface area contributed by atoms with Crippen LogP contribution in [-0.2, 0) is 32.3 Å². The molecule has 4 amide bonds. The number of aryl methyl sites for hydroxylation is 1. The lowest BCUT2D eigenvalue weighted by Crippen LogP contribution is -2.58. The van der Waals surface area contributed by atoms with Gasteiger partial charge in [0, 0.05) is 56.5 Å². The molecule has 1 saturated carbocycles. The monoisotopic (exact) mass is 749 g/mol. The Hall–Kier alpha value is -5.51. The van der Waals surface area contributed by atoms with Crippen LogP contribution in [-0.4, -0.2) is 89.7 Å². The highest BCUT2D eigenvalue weighted by atomic mass is 19.1. The summed E-state index contributed by atoms with van der Waals surface area (Å²) in [7, 11) is 0. The van der Waals surface area contributed by atoms with Gasteiger partial charge in [0.1, 0.15) is 29.4 Å². The maximum Gasteiger partial charge on any atom is 0.410 e. The van der Waals surface area contributed by atoms with Gasteiger partial charge in [-0.3, -0.25) is 19.2 Å². The van der Waals surface area contributed by atoms with Crippen LogP contribution in [0.3, 0.4) is 0 Å². The van der Waals surface area contributed by atoms with Crippen molar-refractivity contribution in [2.24, 2.45) is 11.1 Å². The molecule has 16 heteroatoms. The standard InChI is InChI=1S/C38H48FN7O8/c1-3-41-35(51)38(13-7-14-38)36(52)43-29(8-5-6-15-40)33(48)42-25-11-9-24(10-12-25)23-54-37(53)46-18-16-45(17-19-46)31-21-30-26(20-28(31)39)32(47)27(34(49)50)22-44(30)4-2/h9-12,20-22,29H,3-8,13-19,23,40H2,1-2H3,(H,41,51)(H,42,48)(H,43,52)(H,49,50). The SMILES string of the molecule is CCNC(=O)C1(C(=O)NC(CCCCN)C(=O)Nc2ccc(COC(=O)N3CCN(c4cc5c(cc4F)c(=O)c(C(=O)O)cn5CC)CC3)cc2)CCC1. The molecule has 1 aliphatic carbocycles. The van der Waals surface area contributed by atoms with Gasteiger partial charge in [-0.25, -0.2) is 14.0 Å². The highest BCUT2D eigenvalue weighted by Gasteiger charge is 2.51. The van der Waals surface area contributed by atoms with Gasteiger partial charge in [-0.05, 0) is 82.3 Å². The van der Waals surface area contributed by atoms with Crippen LogP contribution in [0.5, 0.6) is 0 Å². The molecule has 1 aromatic heterocycles. The van der Waals surface area contributed by atoms with Gasteiger partial charge in [0.25, 0.3) is 0 Å². The molecular weight excluding hydrogens is 701 g/mol. The fraction of sp³-hybridized carbons (Fsp3) is 0.474. The highest BCUT2D eigenvalue weighted by Crippen LogP contribution is 2.41. The van der Waals surface area contributed by atoms with Crippen molar-refractivity contribution in [2.75, 3.05) is 49.5 Å². The Balaban J connectivity index is 1.14. The first-order valence-corrected chi connectivity index (χ1v) is 18.4. The Morgan fingerprint density at radius 3 is 2.30 bits per heavy atom. The maximum absolute atomic E-state index is 15.3. The van der Waals surface area contributed by atoms with Crippen LogP contribution >= 0.6 is 0 Å². The first-order valence-electron chi connectivity index (χ1n) is 18.4. The number of carbonyl (C=O) groups is 5. The molecule has 3 aromatic rings. The molecule has 1 unspecified atom stereocenters. The van der Waals surface area contributed by atoms with Crippen LogP contribution in [0.4, 0.5) is 20.6 Å². The van der Waals surface area contributed by atoms with Gasteiger partial charge >= 0.3 is 12.1 Å². The minimum atomic E-state index is -1.38. The van der Waals surface area contributed by atoms with Crippen molar-refractivity contribution < 1.29 is 38.2 Å². The number of nitrogens with two attached hydrogens (primary N) is 1. The Morgan fingerprint density at radius 1 is 1.00 bits per heavy atom. The van der Waals surface area contributed by atoms with Gasteiger partial charge in [-0.2, -0.15) is 0 Å². The zero-order chi connectivity index (χ0) is 39.0. The van der Waals surface area contributed by atoms with Crippen LogP contribution in [0.2, 0.25) is 0 Å². The molecule has 5 rings (SSSR count). The molecule has 6 N–H and O–H groups in total. The van der Waals surface area contributed by atoms with E-state index in [9.17, 15) is 33.9 Å². The molecule has 1 saturated heterocycles. The summed E-state index contributed by atoms with van der Waals surface area (Å²) in [6.45, 7) is 5.90. The van der Waals surface area contributed by atoms with E-state index in [0.717, 1.165) is 12.5 Å². The quantitative estimate of drug-likeness (QED) is 0.113. The molecule has 2 aromatic carbocycles. The summed E-state index contributed by atoms with van der Waals surface area (Å²) in [6.07, 6.45) is 3.98. The number of hydrogen-bond acceptors (Lipinski definition) is 9. The number of anilines is 2. The Morgan fingerprint density at radius 2 is 1.70 bits per heavy atom. The van der Waals surface area contributed by atoms with Crippen molar-refractivity contribution in [1.29, 1.82) is 0 Å². The van der Waals surface area contributed by atoms with Crippen molar-refractivity contribution in [2.45, 2.75) is 71.6 Å². The first kappa shape index (κ1) is 39.7. The number of nitrogens with one attached hydrogen (secondary N) is 3. The van der Waals surface area contributed by atoms with Crippen molar-refractivity contribution in [3.63, 3.8) is 0 Å². The molecule has 2 heterocycles. The first-order chi connectivity index (χ1) is 25.9. The number of fused-ring (bicyclic) bond motifs is 1. The van der Waals surface area contributed by atoms with E-state index >= 15 is 4.39 Å². The second-order valence-corrected chi connectivity index (χ2v) is 13.6.